The fourth-order valence-electron chi connectivity index (χ4n) is 1.05. The molecule has 9 heteroatoms. The molecule has 0 amide bonds. The molecule has 0 atom stereocenters. The molecule has 0 bridgehead atoms. The van der Waals surface area contributed by atoms with Crippen LogP contribution < -0.4 is 0 Å². The number of hydrogen-bond acceptors (Lipinski definition) is 4. The van der Waals surface area contributed by atoms with E-state index in [-0.39, 0.29) is 11.0 Å². The molecule has 0 spiro atoms. The molecule has 1 aliphatic heterocycles. The first-order chi connectivity index (χ1) is 5.41. The maximum atomic E-state index is 5.89. The van der Waals surface area contributed by atoms with Gasteiger partial charge in [-0.25, -0.2) is 0 Å². The molecular weight excluding hydrogens is 252 g/mol. The van der Waals surface area contributed by atoms with E-state index in [4.69, 9.17) is 16.5 Å². The average molecular weight is 273 g/mol. The molecule has 1 aliphatic rings. The van der Waals surface area contributed by atoms with Gasteiger partial charge in [-0.1, -0.05) is 0 Å². The summed E-state index contributed by atoms with van der Waals surface area (Å²) in [6.07, 6.45) is 0. The van der Waals surface area contributed by atoms with Crippen LogP contribution in [0.15, 0.2) is 0 Å². The van der Waals surface area contributed by atoms with Crippen LogP contribution in [0.4, 0.5) is 0 Å². The lowest BCUT2D eigenvalue weighted by atomic mass is 11.9. The summed E-state index contributed by atoms with van der Waals surface area (Å²) in [5.41, 5.74) is 0. The first kappa shape index (κ1) is 13.9. The van der Waals surface area contributed by atoms with Crippen molar-refractivity contribution in [2.24, 2.45) is 0 Å². The summed E-state index contributed by atoms with van der Waals surface area (Å²) >= 11 is 0. The van der Waals surface area contributed by atoms with E-state index in [1.165, 1.54) is 0 Å². The number of hydrogen-bond donors (Lipinski definition) is 0. The van der Waals surface area contributed by atoms with Gasteiger partial charge in [0.2, 0.25) is 0 Å². The van der Waals surface area contributed by atoms with Crippen molar-refractivity contribution in [2.75, 3.05) is 0 Å². The van der Waals surface area contributed by atoms with Gasteiger partial charge in [0.1, 0.15) is 0 Å². The molecule has 4 nitrogen and oxygen atoms in total. The van der Waals surface area contributed by atoms with E-state index in [2.05, 4.69) is 0 Å². The van der Waals surface area contributed by atoms with Crippen LogP contribution in [0.3, 0.4) is 0 Å². The lowest BCUT2D eigenvalue weighted by Crippen LogP contribution is -2.52. The molecule has 1 rings (SSSR count). The summed E-state index contributed by atoms with van der Waals surface area (Å²) in [5.74, 6) is 0. The van der Waals surface area contributed by atoms with E-state index in [0.29, 0.717) is 0 Å². The summed E-state index contributed by atoms with van der Waals surface area (Å²) < 4.78 is 22.5. The van der Waals surface area contributed by atoms with E-state index in [0.717, 1.165) is 0 Å². The molecule has 0 aromatic carbocycles. The summed E-state index contributed by atoms with van der Waals surface area (Å²) in [7, 11) is -5.44. The average Bonchev–Trinajstić information content (AvgIpc) is 1.80. The Labute approximate surface area is 91.0 Å². The van der Waals surface area contributed by atoms with Crippen LogP contribution in [-0.4, -0.2) is 48.1 Å². The van der Waals surface area contributed by atoms with Crippen LogP contribution >= 0.6 is 0 Å². The Hall–Kier alpha value is 0.924. The zero-order valence-electron chi connectivity index (χ0n) is 8.05. The molecule has 0 unspecified atom stereocenters. The molecule has 1 heterocycles. The smallest absolute Gasteiger partial charge is 0.313 e. The minimum atomic E-state index is -1.91. The van der Waals surface area contributed by atoms with Crippen LogP contribution in [0.2, 0.25) is 26.2 Å². The van der Waals surface area contributed by atoms with Crippen LogP contribution in [0.25, 0.3) is 0 Å². The Morgan fingerprint density at radius 1 is 0.846 bits per heavy atom. The molecule has 0 aliphatic carbocycles. The van der Waals surface area contributed by atoms with Gasteiger partial charge in [-0.2, -0.15) is 0 Å². The van der Waals surface area contributed by atoms with E-state index in [1.807, 2.05) is 26.2 Å². The zero-order valence-corrected chi connectivity index (χ0v) is 12.9. The summed E-state index contributed by atoms with van der Waals surface area (Å²) in [6.45, 7) is 8.20. The minimum Gasteiger partial charge on any atom is -0.425 e. The number of rotatable bonds is 0. The zero-order chi connectivity index (χ0) is 9.24. The van der Waals surface area contributed by atoms with Gasteiger partial charge in [-0.15, -0.1) is 0 Å². The quantitative estimate of drug-likeness (QED) is 0.479. The first-order valence-corrected chi connectivity index (χ1v) is 11.9. The third-order valence-electron chi connectivity index (χ3n) is 1.47. The van der Waals surface area contributed by atoms with Crippen molar-refractivity contribution in [3.63, 3.8) is 0 Å². The molecule has 0 saturated carbocycles. The van der Waals surface area contributed by atoms with E-state index in [1.54, 1.807) is 0 Å². The second kappa shape index (κ2) is 5.13. The monoisotopic (exact) mass is 272 g/mol. The molecule has 13 heavy (non-hydrogen) atoms. The van der Waals surface area contributed by atoms with Gasteiger partial charge in [0.05, 0.1) is 0 Å². The molecular formula is C4H20O4Si5. The summed E-state index contributed by atoms with van der Waals surface area (Å²) in [6, 6.07) is 0. The summed E-state index contributed by atoms with van der Waals surface area (Å²) in [5, 5.41) is 0. The molecule has 0 radical (unpaired) electrons. The van der Waals surface area contributed by atoms with Gasteiger partial charge >= 0.3 is 17.1 Å². The SMILES string of the molecule is C[Si]1(C)O[SiH2]O[SiH2]O[Si](C)(C)O1.[SiH4]. The third kappa shape index (κ3) is 5.38. The van der Waals surface area contributed by atoms with E-state index < -0.39 is 37.1 Å². The standard InChI is InChI=1S/C4H16O4Si4.H4Si/c1-11(2)6-9-5-10-7-12(3,4)8-11;/h9-10H2,1-4H3;1H4. The van der Waals surface area contributed by atoms with Crippen LogP contribution in [0.1, 0.15) is 0 Å². The highest BCUT2D eigenvalue weighted by atomic mass is 28.5. The van der Waals surface area contributed by atoms with Crippen molar-refractivity contribution in [1.82, 2.24) is 0 Å². The maximum absolute atomic E-state index is 5.89. The minimum absolute atomic E-state index is 0. The maximum Gasteiger partial charge on any atom is 0.313 e. The van der Waals surface area contributed by atoms with Gasteiger partial charge in [0.15, 0.2) is 0 Å². The van der Waals surface area contributed by atoms with Crippen molar-refractivity contribution in [3.05, 3.63) is 0 Å². The van der Waals surface area contributed by atoms with Crippen molar-refractivity contribution in [1.29, 1.82) is 0 Å². The highest BCUT2D eigenvalue weighted by molar-refractivity contribution is 6.82. The highest BCUT2D eigenvalue weighted by Gasteiger charge is 2.37. The van der Waals surface area contributed by atoms with Gasteiger partial charge in [-0.05, 0) is 37.2 Å². The lowest BCUT2D eigenvalue weighted by Gasteiger charge is -2.35. The largest absolute Gasteiger partial charge is 0.425 e. The predicted molar refractivity (Wildman–Crippen MR) is 67.7 cm³/mol. The van der Waals surface area contributed by atoms with Crippen LogP contribution in [0, 0.1) is 0 Å². The molecule has 1 saturated heterocycles. The Balaban J connectivity index is 0.00000144. The van der Waals surface area contributed by atoms with E-state index >= 15 is 0 Å². The Kier molecular flexibility index (Phi) is 5.50. The second-order valence-corrected chi connectivity index (χ2v) is 14.5. The first-order valence-electron chi connectivity index (χ1n) is 3.97. The second-order valence-electron chi connectivity index (χ2n) is 3.63. The van der Waals surface area contributed by atoms with Crippen molar-refractivity contribution in [3.8, 4) is 0 Å². The van der Waals surface area contributed by atoms with Gasteiger partial charge < -0.3 is 16.5 Å². The van der Waals surface area contributed by atoms with Gasteiger partial charge in [0.25, 0.3) is 20.0 Å². The Morgan fingerprint density at radius 3 is 1.62 bits per heavy atom. The molecule has 0 aromatic rings. The lowest BCUT2D eigenvalue weighted by molar-refractivity contribution is 0.286. The van der Waals surface area contributed by atoms with Crippen molar-refractivity contribution in [2.45, 2.75) is 26.2 Å². The third-order valence-corrected chi connectivity index (χ3v) is 13.2. The van der Waals surface area contributed by atoms with Gasteiger partial charge in [-0.3, -0.25) is 0 Å². The molecule has 1 fully saturated rings. The highest BCUT2D eigenvalue weighted by Crippen LogP contribution is 2.17. The normalized spacial score (nSPS) is 30.5. The van der Waals surface area contributed by atoms with E-state index in [9.17, 15) is 0 Å². The molecule has 0 aromatic heterocycles. The topological polar surface area (TPSA) is 36.9 Å². The summed E-state index contributed by atoms with van der Waals surface area (Å²) in [4.78, 5) is 0. The fourth-order valence-corrected chi connectivity index (χ4v) is 12.0. The Morgan fingerprint density at radius 2 is 1.23 bits per heavy atom. The van der Waals surface area contributed by atoms with Crippen molar-refractivity contribution < 1.29 is 16.5 Å². The predicted octanol–water partition coefficient (Wildman–Crippen LogP) is -1.98. The van der Waals surface area contributed by atoms with Crippen LogP contribution in [0.5, 0.6) is 0 Å². The molecule has 0 N–H and O–H groups in total. The van der Waals surface area contributed by atoms with Crippen LogP contribution in [-0.2, 0) is 16.5 Å². The fraction of sp³-hybridized carbons (Fsp3) is 1.00. The molecule has 80 valence electrons. The Bertz CT molecular complexity index is 147. The van der Waals surface area contributed by atoms with Gasteiger partial charge in [0, 0.05) is 0 Å². The van der Waals surface area contributed by atoms with Crippen molar-refractivity contribution >= 4 is 48.1 Å².